The zero-order chi connectivity index (χ0) is 20.1. The van der Waals surface area contributed by atoms with Gasteiger partial charge in [-0.2, -0.15) is 9.78 Å². The maximum atomic E-state index is 12.7. The summed E-state index contributed by atoms with van der Waals surface area (Å²) in [6.45, 7) is 6.78. The van der Waals surface area contributed by atoms with Gasteiger partial charge in [0.2, 0.25) is 0 Å². The largest absolute Gasteiger partial charge is 0.449 e. The SMILES string of the molecule is CC(C)COC(=O)N1CCCN(c2cnn(-c3ccccc3)c(=O)c2Cl)CC1. The minimum Gasteiger partial charge on any atom is -0.449 e. The number of carbonyl (C=O) groups is 1. The second-order valence-electron chi connectivity index (χ2n) is 7.19. The Balaban J connectivity index is 1.73. The van der Waals surface area contributed by atoms with Crippen LogP contribution in [0.3, 0.4) is 0 Å². The summed E-state index contributed by atoms with van der Waals surface area (Å²) < 4.78 is 6.61. The standard InChI is InChI=1S/C20H25ClN4O3/c1-15(2)14-28-20(27)24-10-6-9-23(11-12-24)17-13-22-25(19(26)18(17)21)16-7-4-3-5-8-16/h3-5,7-8,13,15H,6,9-12,14H2,1-2H3. The Morgan fingerprint density at radius 2 is 1.93 bits per heavy atom. The van der Waals surface area contributed by atoms with Crippen LogP contribution < -0.4 is 10.5 Å². The second kappa shape index (κ2) is 9.10. The highest BCUT2D eigenvalue weighted by atomic mass is 35.5. The van der Waals surface area contributed by atoms with E-state index in [1.165, 1.54) is 4.68 Å². The summed E-state index contributed by atoms with van der Waals surface area (Å²) in [6, 6.07) is 9.16. The van der Waals surface area contributed by atoms with Crippen LogP contribution in [0.1, 0.15) is 20.3 Å². The molecule has 1 saturated heterocycles. The van der Waals surface area contributed by atoms with Gasteiger partial charge in [0, 0.05) is 26.2 Å². The lowest BCUT2D eigenvalue weighted by molar-refractivity contribution is 0.0943. The molecule has 0 aliphatic carbocycles. The van der Waals surface area contributed by atoms with E-state index in [-0.39, 0.29) is 16.7 Å². The number of halogens is 1. The molecule has 2 heterocycles. The number of hydrogen-bond acceptors (Lipinski definition) is 5. The van der Waals surface area contributed by atoms with Crippen LogP contribution in [0.4, 0.5) is 10.5 Å². The Labute approximate surface area is 169 Å². The molecule has 1 amide bonds. The average molecular weight is 405 g/mol. The van der Waals surface area contributed by atoms with Crippen LogP contribution in [0.15, 0.2) is 41.3 Å². The number of anilines is 1. The fourth-order valence-corrected chi connectivity index (χ4v) is 3.32. The van der Waals surface area contributed by atoms with Gasteiger partial charge in [-0.15, -0.1) is 0 Å². The van der Waals surface area contributed by atoms with E-state index in [4.69, 9.17) is 16.3 Å². The fraction of sp³-hybridized carbons (Fsp3) is 0.450. The van der Waals surface area contributed by atoms with Crippen molar-refractivity contribution >= 4 is 23.4 Å². The third kappa shape index (κ3) is 4.65. The van der Waals surface area contributed by atoms with E-state index in [0.29, 0.717) is 50.1 Å². The van der Waals surface area contributed by atoms with E-state index >= 15 is 0 Å². The summed E-state index contributed by atoms with van der Waals surface area (Å²) >= 11 is 6.40. The zero-order valence-electron chi connectivity index (χ0n) is 16.2. The number of nitrogens with zero attached hydrogens (tertiary/aromatic N) is 4. The molecule has 1 aromatic carbocycles. The zero-order valence-corrected chi connectivity index (χ0v) is 16.9. The van der Waals surface area contributed by atoms with E-state index in [2.05, 4.69) is 5.10 Å². The molecular weight excluding hydrogens is 380 g/mol. The molecule has 1 aromatic heterocycles. The average Bonchev–Trinajstić information content (AvgIpc) is 2.95. The summed E-state index contributed by atoms with van der Waals surface area (Å²) in [5.74, 6) is 0.299. The van der Waals surface area contributed by atoms with Crippen molar-refractivity contribution in [2.45, 2.75) is 20.3 Å². The highest BCUT2D eigenvalue weighted by molar-refractivity contribution is 6.33. The van der Waals surface area contributed by atoms with E-state index in [1.54, 1.807) is 23.2 Å². The van der Waals surface area contributed by atoms with Crippen molar-refractivity contribution in [2.24, 2.45) is 5.92 Å². The van der Waals surface area contributed by atoms with Crippen LogP contribution in [-0.2, 0) is 4.74 Å². The van der Waals surface area contributed by atoms with Crippen molar-refractivity contribution in [2.75, 3.05) is 37.7 Å². The van der Waals surface area contributed by atoms with Gasteiger partial charge in [-0.25, -0.2) is 4.79 Å². The Morgan fingerprint density at radius 3 is 2.64 bits per heavy atom. The van der Waals surface area contributed by atoms with Gasteiger partial charge in [0.05, 0.1) is 24.2 Å². The predicted molar refractivity (Wildman–Crippen MR) is 109 cm³/mol. The normalized spacial score (nSPS) is 14.9. The molecule has 3 rings (SSSR count). The van der Waals surface area contributed by atoms with Crippen LogP contribution >= 0.6 is 11.6 Å². The second-order valence-corrected chi connectivity index (χ2v) is 7.57. The van der Waals surface area contributed by atoms with Gasteiger partial charge in [-0.3, -0.25) is 4.79 Å². The third-order valence-electron chi connectivity index (χ3n) is 4.54. The number of para-hydroxylation sites is 1. The lowest BCUT2D eigenvalue weighted by Gasteiger charge is -2.24. The molecule has 0 saturated carbocycles. The van der Waals surface area contributed by atoms with Gasteiger partial charge in [0.25, 0.3) is 5.56 Å². The maximum Gasteiger partial charge on any atom is 0.409 e. The van der Waals surface area contributed by atoms with Gasteiger partial charge >= 0.3 is 6.09 Å². The van der Waals surface area contributed by atoms with Gasteiger partial charge in [0.15, 0.2) is 0 Å². The molecular formula is C20H25ClN4O3. The number of carbonyl (C=O) groups excluding carboxylic acids is 1. The monoisotopic (exact) mass is 404 g/mol. The van der Waals surface area contributed by atoms with Gasteiger partial charge < -0.3 is 14.5 Å². The predicted octanol–water partition coefficient (Wildman–Crippen LogP) is 3.19. The number of ether oxygens (including phenoxy) is 1. The highest BCUT2D eigenvalue weighted by Crippen LogP contribution is 2.23. The molecule has 1 fully saturated rings. The number of rotatable bonds is 4. The summed E-state index contributed by atoms with van der Waals surface area (Å²) in [4.78, 5) is 28.6. The summed E-state index contributed by atoms with van der Waals surface area (Å²) in [5, 5.41) is 4.42. The molecule has 150 valence electrons. The summed E-state index contributed by atoms with van der Waals surface area (Å²) in [5.41, 5.74) is 0.898. The fourth-order valence-electron chi connectivity index (χ4n) is 3.07. The minimum atomic E-state index is -0.359. The smallest absolute Gasteiger partial charge is 0.409 e. The topological polar surface area (TPSA) is 67.7 Å². The Hall–Kier alpha value is -2.54. The van der Waals surface area contributed by atoms with Crippen LogP contribution in [0.2, 0.25) is 5.02 Å². The molecule has 1 aliphatic rings. The first-order chi connectivity index (χ1) is 13.5. The van der Waals surface area contributed by atoms with Crippen LogP contribution in [-0.4, -0.2) is 53.6 Å². The molecule has 0 N–H and O–H groups in total. The molecule has 0 spiro atoms. The van der Waals surface area contributed by atoms with Crippen LogP contribution in [0, 0.1) is 5.92 Å². The van der Waals surface area contributed by atoms with E-state index in [9.17, 15) is 9.59 Å². The Bertz CT molecular complexity index is 869. The highest BCUT2D eigenvalue weighted by Gasteiger charge is 2.23. The lowest BCUT2D eigenvalue weighted by atomic mass is 10.2. The molecule has 2 aromatic rings. The third-order valence-corrected chi connectivity index (χ3v) is 4.89. The minimum absolute atomic E-state index is 0.134. The molecule has 1 aliphatic heterocycles. The summed E-state index contributed by atoms with van der Waals surface area (Å²) in [7, 11) is 0. The molecule has 28 heavy (non-hydrogen) atoms. The van der Waals surface area contributed by atoms with Gasteiger partial charge in [-0.1, -0.05) is 43.6 Å². The quantitative estimate of drug-likeness (QED) is 0.782. The summed E-state index contributed by atoms with van der Waals surface area (Å²) in [6.07, 6.45) is 2.08. The number of aromatic nitrogens is 2. The van der Waals surface area contributed by atoms with Crippen molar-refractivity contribution in [3.63, 3.8) is 0 Å². The maximum absolute atomic E-state index is 12.7. The Morgan fingerprint density at radius 1 is 1.18 bits per heavy atom. The molecule has 0 atom stereocenters. The Kier molecular flexibility index (Phi) is 6.57. The van der Waals surface area contributed by atoms with Crippen molar-refractivity contribution in [3.05, 3.63) is 51.9 Å². The molecule has 0 radical (unpaired) electrons. The number of benzene rings is 1. The van der Waals surface area contributed by atoms with Gasteiger partial charge in [-0.05, 0) is 24.5 Å². The van der Waals surface area contributed by atoms with Crippen molar-refractivity contribution in [1.82, 2.24) is 14.7 Å². The molecule has 8 heteroatoms. The van der Waals surface area contributed by atoms with Crippen LogP contribution in [0.5, 0.6) is 0 Å². The van der Waals surface area contributed by atoms with Gasteiger partial charge in [0.1, 0.15) is 5.02 Å². The first-order valence-corrected chi connectivity index (χ1v) is 9.85. The first kappa shape index (κ1) is 20.2. The van der Waals surface area contributed by atoms with E-state index in [0.717, 1.165) is 6.42 Å². The number of hydrogen-bond donors (Lipinski definition) is 0. The number of amides is 1. The van der Waals surface area contributed by atoms with Crippen LogP contribution in [0.25, 0.3) is 5.69 Å². The van der Waals surface area contributed by atoms with Crippen molar-refractivity contribution in [1.29, 1.82) is 0 Å². The molecule has 7 nitrogen and oxygen atoms in total. The molecule has 0 bridgehead atoms. The molecule has 0 unspecified atom stereocenters. The van der Waals surface area contributed by atoms with E-state index in [1.807, 2.05) is 36.9 Å². The lowest BCUT2D eigenvalue weighted by Crippen LogP contribution is -2.36. The van der Waals surface area contributed by atoms with E-state index < -0.39 is 0 Å². The first-order valence-electron chi connectivity index (χ1n) is 9.47. The van der Waals surface area contributed by atoms with Crippen molar-refractivity contribution < 1.29 is 9.53 Å². The van der Waals surface area contributed by atoms with Crippen molar-refractivity contribution in [3.8, 4) is 5.69 Å².